The van der Waals surface area contributed by atoms with Crippen molar-refractivity contribution in [2.24, 2.45) is 0 Å². The van der Waals surface area contributed by atoms with E-state index in [-0.39, 0.29) is 19.2 Å². The minimum atomic E-state index is -0.754. The van der Waals surface area contributed by atoms with Gasteiger partial charge in [0, 0.05) is 18.7 Å². The lowest BCUT2D eigenvalue weighted by Crippen LogP contribution is -2.47. The number of carbonyl (C=O) groups excluding carboxylic acids is 3. The highest BCUT2D eigenvalue weighted by Gasteiger charge is 2.32. The molecule has 2 N–H and O–H groups in total. The molecule has 1 fully saturated rings. The summed E-state index contributed by atoms with van der Waals surface area (Å²) in [6, 6.07) is 14.9. The lowest BCUT2D eigenvalue weighted by atomic mass is 10.1. The van der Waals surface area contributed by atoms with Crippen molar-refractivity contribution in [3.05, 3.63) is 59.7 Å². The van der Waals surface area contributed by atoms with Crippen molar-refractivity contribution in [1.29, 1.82) is 0 Å². The van der Waals surface area contributed by atoms with Gasteiger partial charge in [0.1, 0.15) is 6.23 Å². The quantitative estimate of drug-likeness (QED) is 0.494. The molecule has 3 amide bonds. The average molecular weight is 439 g/mol. The molecule has 2 aromatic rings. The van der Waals surface area contributed by atoms with Crippen molar-refractivity contribution < 1.29 is 28.6 Å². The Kier molecular flexibility index (Phi) is 6.86. The molecule has 9 nitrogen and oxygen atoms in total. The van der Waals surface area contributed by atoms with Crippen LogP contribution in [0.3, 0.4) is 0 Å². The standard InChI is InChI=1S/C23H25N3O6/c27-21(24-10-4-7-16-5-2-1-3-6-16)22(28)25-14-20-26(11-12-30-20)23(29)17-8-9-18-19(13-17)32-15-31-18/h1-3,5-6,8-9,13,20H,4,7,10-12,14-15H2,(H,24,27)(H,25,28)/t20-/m1/s1. The summed E-state index contributed by atoms with van der Waals surface area (Å²) in [6.45, 7) is 1.28. The van der Waals surface area contributed by atoms with Gasteiger partial charge >= 0.3 is 11.8 Å². The molecule has 1 saturated heterocycles. The first-order valence-electron chi connectivity index (χ1n) is 10.5. The third kappa shape index (κ3) is 5.17. The van der Waals surface area contributed by atoms with Gasteiger partial charge < -0.3 is 29.7 Å². The molecule has 0 aromatic heterocycles. The summed E-state index contributed by atoms with van der Waals surface area (Å²) in [6.07, 6.45) is 0.894. The number of amides is 3. The zero-order valence-corrected chi connectivity index (χ0v) is 17.5. The Bertz CT molecular complexity index is 981. The highest BCUT2D eigenvalue weighted by molar-refractivity contribution is 6.35. The fourth-order valence-electron chi connectivity index (χ4n) is 3.60. The maximum absolute atomic E-state index is 12.9. The number of hydrogen-bond acceptors (Lipinski definition) is 6. The molecular formula is C23H25N3O6. The Morgan fingerprint density at radius 3 is 2.59 bits per heavy atom. The third-order valence-corrected chi connectivity index (χ3v) is 5.28. The molecule has 2 aromatic carbocycles. The normalized spacial score (nSPS) is 16.6. The second kappa shape index (κ2) is 10.1. The van der Waals surface area contributed by atoms with Crippen LogP contribution in [0.5, 0.6) is 11.5 Å². The number of nitrogens with one attached hydrogen (secondary N) is 2. The molecule has 168 valence electrons. The van der Waals surface area contributed by atoms with Gasteiger partial charge in [-0.05, 0) is 36.6 Å². The Morgan fingerprint density at radius 1 is 0.969 bits per heavy atom. The molecule has 9 heteroatoms. The van der Waals surface area contributed by atoms with Gasteiger partial charge in [-0.3, -0.25) is 14.4 Å². The Morgan fingerprint density at radius 2 is 1.75 bits per heavy atom. The predicted molar refractivity (Wildman–Crippen MR) is 114 cm³/mol. The topological polar surface area (TPSA) is 106 Å². The van der Waals surface area contributed by atoms with E-state index in [2.05, 4.69) is 10.6 Å². The van der Waals surface area contributed by atoms with Crippen molar-refractivity contribution >= 4 is 17.7 Å². The summed E-state index contributed by atoms with van der Waals surface area (Å²) < 4.78 is 16.2. The largest absolute Gasteiger partial charge is 0.454 e. The van der Waals surface area contributed by atoms with E-state index in [1.54, 1.807) is 18.2 Å². The Labute approximate surface area is 185 Å². The molecule has 0 bridgehead atoms. The molecule has 4 rings (SSSR count). The minimum absolute atomic E-state index is 0.0204. The molecule has 1 atom stereocenters. The van der Waals surface area contributed by atoms with E-state index in [1.807, 2.05) is 30.3 Å². The van der Waals surface area contributed by atoms with Crippen LogP contribution >= 0.6 is 0 Å². The zero-order chi connectivity index (χ0) is 22.3. The SMILES string of the molecule is O=C(NCCCc1ccccc1)C(=O)NC[C@H]1OCCN1C(=O)c1ccc2c(c1)OCO2. The fraction of sp³-hybridized carbons (Fsp3) is 0.348. The lowest BCUT2D eigenvalue weighted by Gasteiger charge is -2.23. The van der Waals surface area contributed by atoms with E-state index in [0.717, 1.165) is 12.8 Å². The molecule has 0 unspecified atom stereocenters. The summed E-state index contributed by atoms with van der Waals surface area (Å²) in [5.41, 5.74) is 1.61. The van der Waals surface area contributed by atoms with Gasteiger partial charge in [0.15, 0.2) is 11.5 Å². The molecule has 0 saturated carbocycles. The first-order chi connectivity index (χ1) is 15.6. The summed E-state index contributed by atoms with van der Waals surface area (Å²) in [5.74, 6) is -0.589. The first-order valence-corrected chi connectivity index (χ1v) is 10.5. The smallest absolute Gasteiger partial charge is 0.309 e. The van der Waals surface area contributed by atoms with Gasteiger partial charge in [0.2, 0.25) is 6.79 Å². The molecule has 0 spiro atoms. The first kappa shape index (κ1) is 21.6. The maximum atomic E-state index is 12.9. The number of ether oxygens (including phenoxy) is 3. The highest BCUT2D eigenvalue weighted by Crippen LogP contribution is 2.33. The number of aryl methyl sites for hydroxylation is 1. The van der Waals surface area contributed by atoms with Gasteiger partial charge in [0.05, 0.1) is 13.2 Å². The van der Waals surface area contributed by atoms with Crippen LogP contribution in [-0.4, -0.2) is 61.9 Å². The molecule has 2 heterocycles. The van der Waals surface area contributed by atoms with E-state index in [9.17, 15) is 14.4 Å². The van der Waals surface area contributed by atoms with E-state index in [1.165, 1.54) is 10.5 Å². The van der Waals surface area contributed by atoms with Gasteiger partial charge in [-0.1, -0.05) is 30.3 Å². The number of rotatable bonds is 7. The van der Waals surface area contributed by atoms with Crippen molar-refractivity contribution in [2.75, 3.05) is 33.0 Å². The number of benzene rings is 2. The molecule has 0 aliphatic carbocycles. The van der Waals surface area contributed by atoms with Gasteiger partial charge in [-0.25, -0.2) is 0 Å². The zero-order valence-electron chi connectivity index (χ0n) is 17.5. The van der Waals surface area contributed by atoms with Crippen molar-refractivity contribution in [3.8, 4) is 11.5 Å². The molecular weight excluding hydrogens is 414 g/mol. The van der Waals surface area contributed by atoms with Crippen LogP contribution in [0, 0.1) is 0 Å². The molecule has 2 aliphatic rings. The minimum Gasteiger partial charge on any atom is -0.454 e. The second-order valence-electron chi connectivity index (χ2n) is 7.45. The van der Waals surface area contributed by atoms with Crippen molar-refractivity contribution in [3.63, 3.8) is 0 Å². The molecule has 2 aliphatic heterocycles. The third-order valence-electron chi connectivity index (χ3n) is 5.28. The summed E-state index contributed by atoms with van der Waals surface area (Å²) in [4.78, 5) is 38.6. The fourth-order valence-corrected chi connectivity index (χ4v) is 3.60. The number of fused-ring (bicyclic) bond motifs is 1. The van der Waals surface area contributed by atoms with Crippen molar-refractivity contribution in [2.45, 2.75) is 19.1 Å². The van der Waals surface area contributed by atoms with Crippen LogP contribution in [0.25, 0.3) is 0 Å². The monoisotopic (exact) mass is 439 g/mol. The van der Waals surface area contributed by atoms with E-state index >= 15 is 0 Å². The van der Waals surface area contributed by atoms with Gasteiger partial charge in [-0.2, -0.15) is 0 Å². The average Bonchev–Trinajstić information content (AvgIpc) is 3.49. The second-order valence-corrected chi connectivity index (χ2v) is 7.45. The summed E-state index contributed by atoms with van der Waals surface area (Å²) in [7, 11) is 0. The lowest BCUT2D eigenvalue weighted by molar-refractivity contribution is -0.139. The van der Waals surface area contributed by atoms with E-state index in [0.29, 0.717) is 36.8 Å². The van der Waals surface area contributed by atoms with Crippen LogP contribution < -0.4 is 20.1 Å². The maximum Gasteiger partial charge on any atom is 0.309 e. The number of nitrogens with zero attached hydrogens (tertiary/aromatic N) is 1. The Balaban J connectivity index is 1.22. The van der Waals surface area contributed by atoms with Crippen LogP contribution in [0.15, 0.2) is 48.5 Å². The van der Waals surface area contributed by atoms with E-state index < -0.39 is 18.0 Å². The number of carbonyl (C=O) groups is 3. The molecule has 0 radical (unpaired) electrons. The summed E-state index contributed by atoms with van der Waals surface area (Å²) >= 11 is 0. The van der Waals surface area contributed by atoms with Crippen LogP contribution in [0.2, 0.25) is 0 Å². The van der Waals surface area contributed by atoms with E-state index in [4.69, 9.17) is 14.2 Å². The summed E-state index contributed by atoms with van der Waals surface area (Å²) in [5, 5.41) is 5.16. The van der Waals surface area contributed by atoms with Gasteiger partial charge in [0.25, 0.3) is 5.91 Å². The van der Waals surface area contributed by atoms with Crippen LogP contribution in [-0.2, 0) is 20.7 Å². The van der Waals surface area contributed by atoms with Crippen molar-refractivity contribution in [1.82, 2.24) is 15.5 Å². The predicted octanol–water partition coefficient (Wildman–Crippen LogP) is 1.08. The van der Waals surface area contributed by atoms with Crippen LogP contribution in [0.1, 0.15) is 22.3 Å². The highest BCUT2D eigenvalue weighted by atomic mass is 16.7. The van der Waals surface area contributed by atoms with Gasteiger partial charge in [-0.15, -0.1) is 0 Å². The Hall–Kier alpha value is -3.59. The number of hydrogen-bond donors (Lipinski definition) is 2. The molecule has 32 heavy (non-hydrogen) atoms. The van der Waals surface area contributed by atoms with Crippen LogP contribution in [0.4, 0.5) is 0 Å².